The van der Waals surface area contributed by atoms with Crippen LogP contribution in [0.25, 0.3) is 0 Å². The van der Waals surface area contributed by atoms with Crippen LogP contribution in [0, 0.1) is 28.1 Å². The van der Waals surface area contributed by atoms with Crippen LogP contribution in [0.4, 0.5) is 0 Å². The molecule has 3 aliphatic rings. The monoisotopic (exact) mass is 281 g/mol. The highest BCUT2D eigenvalue weighted by Gasteiger charge is 2.70. The lowest BCUT2D eigenvalue weighted by atomic mass is 9.81. The van der Waals surface area contributed by atoms with Gasteiger partial charge in [0, 0.05) is 24.9 Å². The summed E-state index contributed by atoms with van der Waals surface area (Å²) in [7, 11) is 0. The van der Waals surface area contributed by atoms with Gasteiger partial charge in [0.15, 0.2) is 0 Å². The molecule has 3 rings (SSSR count). The highest BCUT2D eigenvalue weighted by Crippen LogP contribution is 2.69. The first-order valence-electron chi connectivity index (χ1n) is 7.24. The fourth-order valence-electron chi connectivity index (χ4n) is 4.20. The fraction of sp³-hybridized carbons (Fsp3) is 0.867. The van der Waals surface area contributed by atoms with E-state index < -0.39 is 11.4 Å². The topological polar surface area (TPSA) is 66.8 Å². The van der Waals surface area contributed by atoms with Crippen molar-refractivity contribution in [3.8, 4) is 0 Å². The van der Waals surface area contributed by atoms with Crippen LogP contribution in [0.3, 0.4) is 0 Å². The van der Waals surface area contributed by atoms with E-state index in [1.807, 2.05) is 0 Å². The lowest BCUT2D eigenvalue weighted by molar-refractivity contribution is -0.149. The van der Waals surface area contributed by atoms with Crippen molar-refractivity contribution in [2.45, 2.75) is 27.7 Å². The van der Waals surface area contributed by atoms with Crippen LogP contribution < -0.4 is 0 Å². The van der Waals surface area contributed by atoms with Gasteiger partial charge in [-0.1, -0.05) is 27.7 Å². The molecule has 0 spiro atoms. The molecular formula is C15H23NO4. The van der Waals surface area contributed by atoms with E-state index in [4.69, 9.17) is 4.74 Å². The number of hydrogen-bond acceptors (Lipinski definition) is 3. The van der Waals surface area contributed by atoms with Crippen LogP contribution in [-0.2, 0) is 14.3 Å². The SMILES string of the molecule is CC1(C)C(C(=O)N2C[C@@H]3COC[C@]3(C(=O)O)C2)C1(C)C. The van der Waals surface area contributed by atoms with Gasteiger partial charge in [-0.3, -0.25) is 9.59 Å². The van der Waals surface area contributed by atoms with Crippen molar-refractivity contribution in [1.82, 2.24) is 4.90 Å². The Bertz CT molecular complexity index is 470. The second-order valence-electron chi connectivity index (χ2n) is 7.77. The Morgan fingerprint density at radius 3 is 2.25 bits per heavy atom. The second-order valence-corrected chi connectivity index (χ2v) is 7.77. The molecule has 20 heavy (non-hydrogen) atoms. The number of carbonyl (C=O) groups excluding carboxylic acids is 1. The summed E-state index contributed by atoms with van der Waals surface area (Å²) >= 11 is 0. The lowest BCUT2D eigenvalue weighted by Crippen LogP contribution is -2.40. The summed E-state index contributed by atoms with van der Waals surface area (Å²) in [4.78, 5) is 26.1. The first kappa shape index (κ1) is 13.9. The molecule has 0 unspecified atom stereocenters. The van der Waals surface area contributed by atoms with Gasteiger partial charge >= 0.3 is 5.97 Å². The molecule has 2 heterocycles. The average molecular weight is 281 g/mol. The van der Waals surface area contributed by atoms with Gasteiger partial charge in [0.1, 0.15) is 5.41 Å². The second kappa shape index (κ2) is 3.75. The normalized spacial score (nSPS) is 37.8. The molecule has 0 aromatic carbocycles. The van der Waals surface area contributed by atoms with E-state index in [9.17, 15) is 14.7 Å². The maximum absolute atomic E-state index is 12.7. The lowest BCUT2D eigenvalue weighted by Gasteiger charge is -2.22. The van der Waals surface area contributed by atoms with Crippen LogP contribution in [0.2, 0.25) is 0 Å². The maximum Gasteiger partial charge on any atom is 0.314 e. The zero-order valence-electron chi connectivity index (χ0n) is 12.6. The minimum atomic E-state index is -0.876. The molecule has 5 nitrogen and oxygen atoms in total. The fourth-order valence-corrected chi connectivity index (χ4v) is 4.20. The third-order valence-electron chi connectivity index (χ3n) is 6.38. The quantitative estimate of drug-likeness (QED) is 0.826. The molecule has 1 amide bonds. The Balaban J connectivity index is 1.79. The molecule has 5 heteroatoms. The van der Waals surface area contributed by atoms with Gasteiger partial charge in [0.25, 0.3) is 0 Å². The Hall–Kier alpha value is -1.10. The molecule has 112 valence electrons. The molecule has 2 atom stereocenters. The summed E-state index contributed by atoms with van der Waals surface area (Å²) < 4.78 is 5.34. The van der Waals surface area contributed by atoms with Crippen LogP contribution in [0.5, 0.6) is 0 Å². The van der Waals surface area contributed by atoms with Crippen molar-refractivity contribution >= 4 is 11.9 Å². The van der Waals surface area contributed by atoms with Crippen LogP contribution in [-0.4, -0.2) is 48.2 Å². The predicted molar refractivity (Wildman–Crippen MR) is 72.0 cm³/mol. The van der Waals surface area contributed by atoms with Crippen molar-refractivity contribution < 1.29 is 19.4 Å². The summed E-state index contributed by atoms with van der Waals surface area (Å²) in [5, 5.41) is 9.52. The van der Waals surface area contributed by atoms with Gasteiger partial charge in [-0.05, 0) is 10.8 Å². The van der Waals surface area contributed by atoms with Crippen molar-refractivity contribution in [3.05, 3.63) is 0 Å². The third kappa shape index (κ3) is 1.47. The molecule has 0 aromatic heterocycles. The number of rotatable bonds is 2. The number of likely N-dealkylation sites (tertiary alicyclic amines) is 1. The predicted octanol–water partition coefficient (Wildman–Crippen LogP) is 1.23. The van der Waals surface area contributed by atoms with E-state index in [0.717, 1.165) is 0 Å². The zero-order valence-corrected chi connectivity index (χ0v) is 12.6. The Morgan fingerprint density at radius 2 is 1.80 bits per heavy atom. The molecule has 2 saturated heterocycles. The van der Waals surface area contributed by atoms with E-state index in [1.54, 1.807) is 4.90 Å². The summed E-state index contributed by atoms with van der Waals surface area (Å²) in [6.07, 6.45) is 0. The average Bonchev–Trinajstić information content (AvgIpc) is 2.71. The van der Waals surface area contributed by atoms with Crippen molar-refractivity contribution in [3.63, 3.8) is 0 Å². The van der Waals surface area contributed by atoms with Gasteiger partial charge in [0.2, 0.25) is 5.91 Å². The number of carboxylic acid groups (broad SMARTS) is 1. The van der Waals surface area contributed by atoms with Crippen molar-refractivity contribution in [1.29, 1.82) is 0 Å². The molecule has 0 radical (unpaired) electrons. The van der Waals surface area contributed by atoms with Gasteiger partial charge in [-0.2, -0.15) is 0 Å². The number of carbonyl (C=O) groups is 2. The molecule has 1 aliphatic carbocycles. The van der Waals surface area contributed by atoms with E-state index in [2.05, 4.69) is 27.7 Å². The maximum atomic E-state index is 12.7. The molecule has 0 aromatic rings. The standard InChI is InChI=1S/C15H23NO4/c1-13(2)10(14(13,3)4)11(17)16-5-9-6-20-8-15(9,7-16)12(18)19/h9-10H,5-8H2,1-4H3,(H,18,19)/t9-,15-/m1/s1. The summed E-state index contributed by atoms with van der Waals surface area (Å²) in [6.45, 7) is 9.96. The Labute approximate surface area is 119 Å². The molecule has 3 fully saturated rings. The number of hydrogen-bond donors (Lipinski definition) is 1. The van der Waals surface area contributed by atoms with Gasteiger partial charge in [-0.15, -0.1) is 0 Å². The smallest absolute Gasteiger partial charge is 0.314 e. The summed E-state index contributed by atoms with van der Waals surface area (Å²) in [5.74, 6) is -0.769. The summed E-state index contributed by atoms with van der Waals surface area (Å²) in [5.41, 5.74) is -0.887. The number of fused-ring (bicyclic) bond motifs is 1. The van der Waals surface area contributed by atoms with Gasteiger partial charge < -0.3 is 14.7 Å². The van der Waals surface area contributed by atoms with Gasteiger partial charge in [0.05, 0.1) is 13.2 Å². The number of ether oxygens (including phenoxy) is 1. The number of amides is 1. The number of aliphatic carboxylic acids is 1. The van der Waals surface area contributed by atoms with E-state index >= 15 is 0 Å². The first-order valence-corrected chi connectivity index (χ1v) is 7.24. The molecule has 1 saturated carbocycles. The number of nitrogens with zero attached hydrogens (tertiary/aromatic N) is 1. The van der Waals surface area contributed by atoms with Crippen molar-refractivity contribution in [2.75, 3.05) is 26.3 Å². The largest absolute Gasteiger partial charge is 0.481 e. The highest BCUT2D eigenvalue weighted by atomic mass is 16.5. The van der Waals surface area contributed by atoms with Crippen LogP contribution in [0.1, 0.15) is 27.7 Å². The zero-order chi connectivity index (χ0) is 14.9. The summed E-state index contributed by atoms with van der Waals surface area (Å²) in [6, 6.07) is 0. The van der Waals surface area contributed by atoms with Crippen LogP contribution >= 0.6 is 0 Å². The first-order chi connectivity index (χ1) is 9.14. The third-order valence-corrected chi connectivity index (χ3v) is 6.38. The molecule has 2 aliphatic heterocycles. The molecule has 0 bridgehead atoms. The Morgan fingerprint density at radius 1 is 1.20 bits per heavy atom. The van der Waals surface area contributed by atoms with E-state index in [0.29, 0.717) is 19.7 Å². The highest BCUT2D eigenvalue weighted by molar-refractivity contribution is 5.86. The van der Waals surface area contributed by atoms with E-state index in [-0.39, 0.29) is 35.2 Å². The van der Waals surface area contributed by atoms with Crippen LogP contribution in [0.15, 0.2) is 0 Å². The molecular weight excluding hydrogens is 258 g/mol. The van der Waals surface area contributed by atoms with Gasteiger partial charge in [-0.25, -0.2) is 0 Å². The Kier molecular flexibility index (Phi) is 2.60. The minimum absolute atomic E-state index is 0.000546. The van der Waals surface area contributed by atoms with E-state index in [1.165, 1.54) is 0 Å². The minimum Gasteiger partial charge on any atom is -0.481 e. The van der Waals surface area contributed by atoms with Crippen molar-refractivity contribution in [2.24, 2.45) is 28.1 Å². The molecule has 1 N–H and O–H groups in total. The number of carboxylic acids is 1.